The molecule has 0 aliphatic heterocycles. The zero-order chi connectivity index (χ0) is 10.4. The van der Waals surface area contributed by atoms with Crippen LogP contribution in [0.2, 0.25) is 0 Å². The number of aryl methyl sites for hydroxylation is 1. The van der Waals surface area contributed by atoms with Gasteiger partial charge < -0.3 is 15.2 Å². The Hall–Kier alpha value is -1.13. The third-order valence-electron chi connectivity index (χ3n) is 1.85. The molecule has 0 unspecified atom stereocenters. The third-order valence-corrected chi connectivity index (χ3v) is 1.85. The lowest BCUT2D eigenvalue weighted by molar-refractivity contribution is 0.145. The lowest BCUT2D eigenvalue weighted by Gasteiger charge is -2.09. The number of rotatable bonds is 5. The SMILES string of the molecule is COCCOc1cc(C)ncc1CN. The molecule has 0 bridgehead atoms. The summed E-state index contributed by atoms with van der Waals surface area (Å²) in [6.07, 6.45) is 1.75. The van der Waals surface area contributed by atoms with Crippen molar-refractivity contribution in [3.63, 3.8) is 0 Å². The van der Waals surface area contributed by atoms with Crippen LogP contribution in [0.25, 0.3) is 0 Å². The van der Waals surface area contributed by atoms with Gasteiger partial charge in [-0.1, -0.05) is 0 Å². The van der Waals surface area contributed by atoms with Crippen molar-refractivity contribution in [1.29, 1.82) is 0 Å². The van der Waals surface area contributed by atoms with E-state index in [1.807, 2.05) is 13.0 Å². The van der Waals surface area contributed by atoms with Crippen LogP contribution in [-0.4, -0.2) is 25.3 Å². The first kappa shape index (κ1) is 10.9. The number of hydrogen-bond acceptors (Lipinski definition) is 4. The van der Waals surface area contributed by atoms with Crippen LogP contribution in [0.5, 0.6) is 5.75 Å². The molecule has 0 aromatic carbocycles. The molecule has 2 N–H and O–H groups in total. The second-order valence-electron chi connectivity index (χ2n) is 2.98. The Labute approximate surface area is 84.0 Å². The highest BCUT2D eigenvalue weighted by atomic mass is 16.5. The van der Waals surface area contributed by atoms with Crippen LogP contribution < -0.4 is 10.5 Å². The molecule has 14 heavy (non-hydrogen) atoms. The molecule has 0 radical (unpaired) electrons. The van der Waals surface area contributed by atoms with Crippen molar-refractivity contribution in [3.05, 3.63) is 23.5 Å². The molecule has 1 aromatic heterocycles. The summed E-state index contributed by atoms with van der Waals surface area (Å²) in [6.45, 7) is 3.47. The Morgan fingerprint density at radius 1 is 1.43 bits per heavy atom. The molecule has 4 heteroatoms. The fourth-order valence-electron chi connectivity index (χ4n) is 1.09. The van der Waals surface area contributed by atoms with Crippen molar-refractivity contribution < 1.29 is 9.47 Å². The van der Waals surface area contributed by atoms with Crippen molar-refractivity contribution in [2.75, 3.05) is 20.3 Å². The summed E-state index contributed by atoms with van der Waals surface area (Å²) in [7, 11) is 1.64. The van der Waals surface area contributed by atoms with E-state index in [9.17, 15) is 0 Å². The van der Waals surface area contributed by atoms with E-state index >= 15 is 0 Å². The molecule has 0 spiro atoms. The normalized spacial score (nSPS) is 10.2. The summed E-state index contributed by atoms with van der Waals surface area (Å²) in [4.78, 5) is 4.15. The van der Waals surface area contributed by atoms with Gasteiger partial charge in [0, 0.05) is 37.2 Å². The maximum atomic E-state index is 5.55. The van der Waals surface area contributed by atoms with Gasteiger partial charge in [0.1, 0.15) is 12.4 Å². The predicted molar refractivity (Wildman–Crippen MR) is 54.2 cm³/mol. The Bertz CT molecular complexity index is 289. The van der Waals surface area contributed by atoms with Gasteiger partial charge in [0.05, 0.1) is 6.61 Å². The van der Waals surface area contributed by atoms with E-state index in [4.69, 9.17) is 15.2 Å². The Morgan fingerprint density at radius 3 is 2.86 bits per heavy atom. The minimum atomic E-state index is 0.440. The molecule has 78 valence electrons. The van der Waals surface area contributed by atoms with Crippen molar-refractivity contribution in [1.82, 2.24) is 4.98 Å². The van der Waals surface area contributed by atoms with E-state index in [1.165, 1.54) is 0 Å². The molecule has 0 aliphatic carbocycles. The topological polar surface area (TPSA) is 57.4 Å². The van der Waals surface area contributed by atoms with Gasteiger partial charge in [0.2, 0.25) is 0 Å². The summed E-state index contributed by atoms with van der Waals surface area (Å²) in [5.74, 6) is 0.803. The first-order valence-electron chi connectivity index (χ1n) is 4.55. The smallest absolute Gasteiger partial charge is 0.127 e. The van der Waals surface area contributed by atoms with Crippen molar-refractivity contribution in [2.24, 2.45) is 5.73 Å². The highest BCUT2D eigenvalue weighted by Gasteiger charge is 2.02. The lowest BCUT2D eigenvalue weighted by Crippen LogP contribution is -2.08. The minimum Gasteiger partial charge on any atom is -0.491 e. The van der Waals surface area contributed by atoms with Crippen LogP contribution in [0.15, 0.2) is 12.3 Å². The number of methoxy groups -OCH3 is 1. The zero-order valence-corrected chi connectivity index (χ0v) is 8.62. The molecule has 1 aromatic rings. The van der Waals surface area contributed by atoms with Crippen LogP contribution in [0.3, 0.4) is 0 Å². The number of hydrogen-bond donors (Lipinski definition) is 1. The fraction of sp³-hybridized carbons (Fsp3) is 0.500. The molecular formula is C10H16N2O2. The monoisotopic (exact) mass is 196 g/mol. The molecule has 0 fully saturated rings. The summed E-state index contributed by atoms with van der Waals surface area (Å²) >= 11 is 0. The highest BCUT2D eigenvalue weighted by Crippen LogP contribution is 2.17. The van der Waals surface area contributed by atoms with Crippen LogP contribution in [-0.2, 0) is 11.3 Å². The zero-order valence-electron chi connectivity index (χ0n) is 8.62. The third kappa shape index (κ3) is 2.97. The molecule has 4 nitrogen and oxygen atoms in total. The van der Waals surface area contributed by atoms with E-state index in [1.54, 1.807) is 13.3 Å². The van der Waals surface area contributed by atoms with Crippen molar-refractivity contribution in [3.8, 4) is 5.75 Å². The summed E-state index contributed by atoms with van der Waals surface area (Å²) in [6, 6.07) is 1.89. The average Bonchev–Trinajstić information content (AvgIpc) is 2.19. The van der Waals surface area contributed by atoms with Crippen molar-refractivity contribution >= 4 is 0 Å². The second-order valence-corrected chi connectivity index (χ2v) is 2.98. The first-order chi connectivity index (χ1) is 6.77. The Balaban J connectivity index is 2.67. The maximum Gasteiger partial charge on any atom is 0.127 e. The van der Waals surface area contributed by atoms with Gasteiger partial charge in [-0.05, 0) is 6.92 Å². The van der Waals surface area contributed by atoms with Gasteiger partial charge in [0.25, 0.3) is 0 Å². The van der Waals surface area contributed by atoms with E-state index in [2.05, 4.69) is 4.98 Å². The minimum absolute atomic E-state index is 0.440. The summed E-state index contributed by atoms with van der Waals surface area (Å²) in [5.41, 5.74) is 7.40. The Morgan fingerprint density at radius 2 is 2.21 bits per heavy atom. The molecule has 1 heterocycles. The number of ether oxygens (including phenoxy) is 2. The Kier molecular flexibility index (Phi) is 4.35. The largest absolute Gasteiger partial charge is 0.491 e. The highest BCUT2D eigenvalue weighted by molar-refractivity contribution is 5.32. The van der Waals surface area contributed by atoms with Crippen LogP contribution >= 0.6 is 0 Å². The van der Waals surface area contributed by atoms with E-state index < -0.39 is 0 Å². The average molecular weight is 196 g/mol. The van der Waals surface area contributed by atoms with Crippen LogP contribution in [0.1, 0.15) is 11.3 Å². The second kappa shape index (κ2) is 5.57. The van der Waals surface area contributed by atoms with Crippen molar-refractivity contribution in [2.45, 2.75) is 13.5 Å². The molecule has 1 rings (SSSR count). The quantitative estimate of drug-likeness (QED) is 0.710. The number of aromatic nitrogens is 1. The van der Waals surface area contributed by atoms with Gasteiger partial charge in [-0.15, -0.1) is 0 Å². The van der Waals surface area contributed by atoms with Gasteiger partial charge >= 0.3 is 0 Å². The van der Waals surface area contributed by atoms with Crippen LogP contribution in [0.4, 0.5) is 0 Å². The fourth-order valence-corrected chi connectivity index (χ4v) is 1.09. The molecular weight excluding hydrogens is 180 g/mol. The molecule has 0 saturated heterocycles. The number of nitrogens with zero attached hydrogens (tertiary/aromatic N) is 1. The predicted octanol–water partition coefficient (Wildman–Crippen LogP) is 0.874. The summed E-state index contributed by atoms with van der Waals surface area (Å²) < 4.78 is 10.4. The van der Waals surface area contributed by atoms with E-state index in [-0.39, 0.29) is 0 Å². The van der Waals surface area contributed by atoms with Gasteiger partial charge in [-0.25, -0.2) is 0 Å². The van der Waals surface area contributed by atoms with Gasteiger partial charge in [0.15, 0.2) is 0 Å². The number of nitrogens with two attached hydrogens (primary N) is 1. The van der Waals surface area contributed by atoms with Crippen LogP contribution in [0, 0.1) is 6.92 Å². The molecule has 0 atom stereocenters. The molecule has 0 amide bonds. The van der Waals surface area contributed by atoms with E-state index in [0.717, 1.165) is 17.0 Å². The standard InChI is InChI=1S/C10H16N2O2/c1-8-5-10(14-4-3-13-2)9(6-11)7-12-8/h5,7H,3-4,6,11H2,1-2H3. The number of pyridine rings is 1. The lowest BCUT2D eigenvalue weighted by atomic mass is 10.2. The van der Waals surface area contributed by atoms with Gasteiger partial charge in [-0.3, -0.25) is 4.98 Å². The van der Waals surface area contributed by atoms with Gasteiger partial charge in [-0.2, -0.15) is 0 Å². The summed E-state index contributed by atoms with van der Waals surface area (Å²) in [5, 5.41) is 0. The molecule has 0 aliphatic rings. The maximum absolute atomic E-state index is 5.55. The first-order valence-corrected chi connectivity index (χ1v) is 4.55. The van der Waals surface area contributed by atoms with E-state index in [0.29, 0.717) is 19.8 Å². The molecule has 0 saturated carbocycles.